The van der Waals surface area contributed by atoms with Gasteiger partial charge in [-0.3, -0.25) is 10.8 Å². The van der Waals surface area contributed by atoms with Crippen LogP contribution >= 0.6 is 15.9 Å². The molecule has 1 unspecified atom stereocenters. The zero-order valence-corrected chi connectivity index (χ0v) is 10.1. The summed E-state index contributed by atoms with van der Waals surface area (Å²) in [6.07, 6.45) is 5.94. The molecule has 2 aromatic rings. The topological polar surface area (TPSA) is 64.1 Å². The lowest BCUT2D eigenvalue weighted by Gasteiger charge is -2.13. The normalized spacial score (nSPS) is 12.6. The summed E-state index contributed by atoms with van der Waals surface area (Å²) in [6, 6.07) is 5.72. The maximum atomic E-state index is 5.51. The first-order chi connectivity index (χ1) is 7.79. The van der Waals surface area contributed by atoms with E-state index < -0.39 is 0 Å². The minimum atomic E-state index is -0.0360. The van der Waals surface area contributed by atoms with Crippen LogP contribution in [-0.2, 0) is 6.42 Å². The third-order valence-electron chi connectivity index (χ3n) is 2.29. The molecule has 0 fully saturated rings. The van der Waals surface area contributed by atoms with Gasteiger partial charge in [0.25, 0.3) is 0 Å². The Balaban J connectivity index is 2.13. The monoisotopic (exact) mass is 281 g/mol. The number of halogens is 1. The number of rotatable bonds is 4. The van der Waals surface area contributed by atoms with Crippen molar-refractivity contribution in [2.75, 3.05) is 0 Å². The fourth-order valence-corrected chi connectivity index (χ4v) is 1.95. The molecule has 0 aliphatic rings. The number of pyridine rings is 1. The van der Waals surface area contributed by atoms with E-state index in [4.69, 9.17) is 10.3 Å². The zero-order chi connectivity index (χ0) is 11.4. The number of hydrogen-bond donors (Lipinski definition) is 2. The summed E-state index contributed by atoms with van der Waals surface area (Å²) >= 11 is 3.39. The number of nitrogens with one attached hydrogen (secondary N) is 1. The standard InChI is InChI=1S/C11H12BrN3O/c12-9-4-8(6-14-7-9)5-10(15-13)11-2-1-3-16-11/h1-4,6-7,10,15H,5,13H2. The second-order valence-corrected chi connectivity index (χ2v) is 4.37. The first-order valence-electron chi connectivity index (χ1n) is 4.88. The molecular formula is C11H12BrN3O. The number of hydrazine groups is 1. The third kappa shape index (κ3) is 2.69. The van der Waals surface area contributed by atoms with Crippen molar-refractivity contribution in [3.63, 3.8) is 0 Å². The Bertz CT molecular complexity index is 444. The molecule has 2 aromatic heterocycles. The van der Waals surface area contributed by atoms with Crippen LogP contribution in [0.15, 0.2) is 45.7 Å². The Morgan fingerprint density at radius 1 is 1.50 bits per heavy atom. The zero-order valence-electron chi connectivity index (χ0n) is 8.56. The van der Waals surface area contributed by atoms with Gasteiger partial charge in [-0.15, -0.1) is 0 Å². The maximum Gasteiger partial charge on any atom is 0.122 e. The van der Waals surface area contributed by atoms with E-state index in [9.17, 15) is 0 Å². The molecule has 0 aromatic carbocycles. The van der Waals surface area contributed by atoms with Crippen molar-refractivity contribution in [1.29, 1.82) is 0 Å². The average molecular weight is 282 g/mol. The summed E-state index contributed by atoms with van der Waals surface area (Å²) in [5.41, 5.74) is 3.83. The van der Waals surface area contributed by atoms with Crippen LogP contribution in [0.4, 0.5) is 0 Å². The quantitative estimate of drug-likeness (QED) is 0.666. The molecule has 0 spiro atoms. The van der Waals surface area contributed by atoms with Crippen LogP contribution in [0.2, 0.25) is 0 Å². The van der Waals surface area contributed by atoms with Gasteiger partial charge >= 0.3 is 0 Å². The van der Waals surface area contributed by atoms with Gasteiger partial charge in [0.15, 0.2) is 0 Å². The van der Waals surface area contributed by atoms with Crippen molar-refractivity contribution in [1.82, 2.24) is 10.4 Å². The Labute approximate surface area is 102 Å². The number of nitrogens with two attached hydrogens (primary N) is 1. The van der Waals surface area contributed by atoms with Crippen LogP contribution < -0.4 is 11.3 Å². The lowest BCUT2D eigenvalue weighted by atomic mass is 10.1. The number of nitrogens with zero attached hydrogens (tertiary/aromatic N) is 1. The van der Waals surface area contributed by atoms with E-state index in [1.165, 1.54) is 0 Å². The minimum Gasteiger partial charge on any atom is -0.468 e. The highest BCUT2D eigenvalue weighted by atomic mass is 79.9. The van der Waals surface area contributed by atoms with Crippen LogP contribution in [0.25, 0.3) is 0 Å². The molecule has 84 valence electrons. The van der Waals surface area contributed by atoms with Crippen molar-refractivity contribution in [2.24, 2.45) is 5.84 Å². The Morgan fingerprint density at radius 3 is 3.00 bits per heavy atom. The molecule has 1 atom stereocenters. The fourth-order valence-electron chi connectivity index (χ4n) is 1.53. The summed E-state index contributed by atoms with van der Waals surface area (Å²) in [6.45, 7) is 0. The van der Waals surface area contributed by atoms with Crippen molar-refractivity contribution in [3.05, 3.63) is 52.7 Å². The van der Waals surface area contributed by atoms with Gasteiger partial charge in [-0.05, 0) is 46.1 Å². The molecule has 2 rings (SSSR count). The molecule has 4 nitrogen and oxygen atoms in total. The lowest BCUT2D eigenvalue weighted by molar-refractivity contribution is 0.415. The Morgan fingerprint density at radius 2 is 2.38 bits per heavy atom. The van der Waals surface area contributed by atoms with Gasteiger partial charge < -0.3 is 4.42 Å². The summed E-state index contributed by atoms with van der Waals surface area (Å²) in [7, 11) is 0. The molecule has 0 saturated heterocycles. The van der Waals surface area contributed by atoms with Crippen LogP contribution in [0.3, 0.4) is 0 Å². The minimum absolute atomic E-state index is 0.0360. The first kappa shape index (κ1) is 11.3. The fraction of sp³-hybridized carbons (Fsp3) is 0.182. The Kier molecular flexibility index (Phi) is 3.71. The molecule has 0 amide bonds. The van der Waals surface area contributed by atoms with Crippen molar-refractivity contribution in [2.45, 2.75) is 12.5 Å². The van der Waals surface area contributed by atoms with Gasteiger partial charge in [-0.25, -0.2) is 5.43 Å². The summed E-state index contributed by atoms with van der Waals surface area (Å²) < 4.78 is 6.27. The molecule has 0 radical (unpaired) electrons. The van der Waals surface area contributed by atoms with Gasteiger partial charge in [0.05, 0.1) is 12.3 Å². The average Bonchev–Trinajstić information content (AvgIpc) is 2.79. The summed E-state index contributed by atoms with van der Waals surface area (Å²) in [4.78, 5) is 4.11. The van der Waals surface area contributed by atoms with Gasteiger partial charge in [-0.2, -0.15) is 0 Å². The lowest BCUT2D eigenvalue weighted by Crippen LogP contribution is -2.29. The first-order valence-corrected chi connectivity index (χ1v) is 5.68. The number of furan rings is 1. The van der Waals surface area contributed by atoms with Gasteiger partial charge in [0.2, 0.25) is 0 Å². The van der Waals surface area contributed by atoms with Crippen LogP contribution in [0.1, 0.15) is 17.4 Å². The van der Waals surface area contributed by atoms with Gasteiger partial charge in [0, 0.05) is 16.9 Å². The largest absolute Gasteiger partial charge is 0.468 e. The maximum absolute atomic E-state index is 5.51. The van der Waals surface area contributed by atoms with Crippen LogP contribution in [0.5, 0.6) is 0 Å². The smallest absolute Gasteiger partial charge is 0.122 e. The molecule has 0 aliphatic carbocycles. The third-order valence-corrected chi connectivity index (χ3v) is 2.72. The number of hydrogen-bond acceptors (Lipinski definition) is 4. The highest BCUT2D eigenvalue weighted by Crippen LogP contribution is 2.19. The highest BCUT2D eigenvalue weighted by molar-refractivity contribution is 9.10. The molecule has 0 bridgehead atoms. The van der Waals surface area contributed by atoms with E-state index in [-0.39, 0.29) is 6.04 Å². The Hall–Kier alpha value is -1.17. The van der Waals surface area contributed by atoms with Gasteiger partial charge in [-0.1, -0.05) is 0 Å². The number of aromatic nitrogens is 1. The molecule has 3 N–H and O–H groups in total. The van der Waals surface area contributed by atoms with Crippen molar-refractivity contribution in [3.8, 4) is 0 Å². The van der Waals surface area contributed by atoms with Crippen LogP contribution in [-0.4, -0.2) is 4.98 Å². The van der Waals surface area contributed by atoms with E-state index in [0.29, 0.717) is 0 Å². The molecule has 5 heteroatoms. The van der Waals surface area contributed by atoms with Crippen molar-refractivity contribution < 1.29 is 4.42 Å². The SMILES string of the molecule is NNC(Cc1cncc(Br)c1)c1ccco1. The van der Waals surface area contributed by atoms with E-state index in [1.54, 1.807) is 12.5 Å². The summed E-state index contributed by atoms with van der Waals surface area (Å²) in [5.74, 6) is 6.33. The van der Waals surface area contributed by atoms with E-state index >= 15 is 0 Å². The summed E-state index contributed by atoms with van der Waals surface area (Å²) in [5, 5.41) is 0. The molecular weight excluding hydrogens is 270 g/mol. The molecule has 0 saturated carbocycles. The molecule has 0 aliphatic heterocycles. The predicted molar refractivity (Wildman–Crippen MR) is 64.4 cm³/mol. The molecule has 2 heterocycles. The predicted octanol–water partition coefficient (Wildman–Crippen LogP) is 2.18. The van der Waals surface area contributed by atoms with Crippen LogP contribution in [0, 0.1) is 0 Å². The van der Waals surface area contributed by atoms with E-state index in [0.717, 1.165) is 22.2 Å². The highest BCUT2D eigenvalue weighted by Gasteiger charge is 2.13. The molecule has 16 heavy (non-hydrogen) atoms. The van der Waals surface area contributed by atoms with Crippen molar-refractivity contribution >= 4 is 15.9 Å². The van der Waals surface area contributed by atoms with Gasteiger partial charge in [0.1, 0.15) is 5.76 Å². The second-order valence-electron chi connectivity index (χ2n) is 3.45. The van der Waals surface area contributed by atoms with E-state index in [1.807, 2.05) is 24.4 Å². The second kappa shape index (κ2) is 5.25. The van der Waals surface area contributed by atoms with E-state index in [2.05, 4.69) is 26.3 Å².